The van der Waals surface area contributed by atoms with Gasteiger partial charge in [0.1, 0.15) is 18.6 Å². The molecule has 0 radical (unpaired) electrons. The fourth-order valence-corrected chi connectivity index (χ4v) is 3.78. The number of aromatic nitrogens is 1. The van der Waals surface area contributed by atoms with Crippen molar-refractivity contribution in [1.29, 1.82) is 0 Å². The number of pyridine rings is 1. The van der Waals surface area contributed by atoms with Crippen molar-refractivity contribution in [2.24, 2.45) is 11.8 Å². The minimum absolute atomic E-state index is 0.00237. The number of nitrogens with one attached hydrogen (secondary N) is 1. The molecule has 12 nitrogen and oxygen atoms in total. The number of ether oxygens (including phenoxy) is 4. The number of anilines is 1. The summed E-state index contributed by atoms with van der Waals surface area (Å²) in [7, 11) is 1.30. The molecule has 0 bridgehead atoms. The average Bonchev–Trinajstić information content (AvgIpc) is 2.91. The van der Waals surface area contributed by atoms with Crippen LogP contribution in [-0.4, -0.2) is 65.9 Å². The van der Waals surface area contributed by atoms with E-state index in [1.807, 2.05) is 0 Å². The molecule has 0 saturated carbocycles. The van der Waals surface area contributed by atoms with Gasteiger partial charge in [0.2, 0.25) is 0 Å². The summed E-state index contributed by atoms with van der Waals surface area (Å²) in [6, 6.07) is 6.71. The van der Waals surface area contributed by atoms with Crippen LogP contribution >= 0.6 is 0 Å². The Morgan fingerprint density at radius 2 is 1.87 bits per heavy atom. The summed E-state index contributed by atoms with van der Waals surface area (Å²) in [6.07, 6.45) is -0.891. The van der Waals surface area contributed by atoms with Crippen LogP contribution in [0.15, 0.2) is 36.5 Å². The Morgan fingerprint density at radius 1 is 1.18 bits per heavy atom. The molecule has 1 aromatic heterocycles. The Balaban J connectivity index is 1.88. The van der Waals surface area contributed by atoms with Crippen LogP contribution in [0, 0.1) is 11.8 Å². The lowest BCUT2D eigenvalue weighted by atomic mass is 9.91. The SMILES string of the molecule is COc1ccnc(C(=O)N[C@H]2COC(=O)[C@H](Cc3ccc(N)cc3)[C@@H](OC(=O)C(C)C)[C@H](C)OC2=O)c1O. The van der Waals surface area contributed by atoms with E-state index in [0.29, 0.717) is 11.3 Å². The summed E-state index contributed by atoms with van der Waals surface area (Å²) in [5, 5.41) is 12.6. The number of nitrogens with two attached hydrogens (primary N) is 1. The van der Waals surface area contributed by atoms with E-state index in [1.54, 1.807) is 38.1 Å². The molecule has 1 saturated heterocycles. The lowest BCUT2D eigenvalue weighted by molar-refractivity contribution is -0.176. The largest absolute Gasteiger partial charge is 0.503 e. The molecule has 1 aliphatic heterocycles. The molecule has 2 heterocycles. The molecular weight excluding hydrogens is 498 g/mol. The third-order valence-electron chi connectivity index (χ3n) is 5.93. The lowest BCUT2D eigenvalue weighted by Crippen LogP contribution is -2.47. The van der Waals surface area contributed by atoms with E-state index in [1.165, 1.54) is 26.3 Å². The van der Waals surface area contributed by atoms with Gasteiger partial charge in [-0.25, -0.2) is 9.78 Å². The zero-order valence-corrected chi connectivity index (χ0v) is 21.5. The second kappa shape index (κ2) is 12.3. The predicted molar refractivity (Wildman–Crippen MR) is 133 cm³/mol. The topological polar surface area (TPSA) is 176 Å². The maximum Gasteiger partial charge on any atom is 0.332 e. The normalized spacial score (nSPS) is 21.8. The smallest absolute Gasteiger partial charge is 0.332 e. The highest BCUT2D eigenvalue weighted by Gasteiger charge is 2.42. The zero-order chi connectivity index (χ0) is 28.0. The highest BCUT2D eigenvalue weighted by atomic mass is 16.6. The zero-order valence-electron chi connectivity index (χ0n) is 21.5. The summed E-state index contributed by atoms with van der Waals surface area (Å²) < 4.78 is 21.5. The fraction of sp³-hybridized carbons (Fsp3) is 0.423. The number of hydrogen-bond acceptors (Lipinski definition) is 11. The van der Waals surface area contributed by atoms with E-state index in [0.717, 1.165) is 0 Å². The predicted octanol–water partition coefficient (Wildman–Crippen LogP) is 1.39. The van der Waals surface area contributed by atoms with Gasteiger partial charge < -0.3 is 35.1 Å². The third-order valence-corrected chi connectivity index (χ3v) is 5.93. The summed E-state index contributed by atoms with van der Waals surface area (Å²) in [5.74, 6) is -5.25. The number of nitrogens with zero attached hydrogens (tertiary/aromatic N) is 1. The van der Waals surface area contributed by atoms with E-state index < -0.39 is 72.0 Å². The standard InChI is InChI=1S/C26H31N3O9/c1-13(2)24(32)38-22-14(3)37-26(34)18(29-23(31)20-21(30)19(35-4)9-10-28-20)12-36-25(33)17(22)11-15-5-7-16(27)8-6-15/h5-10,13-14,17-18,22,30H,11-12,27H2,1-4H3,(H,29,31)/t14-,17+,18-,22-/m0/s1. The first kappa shape index (κ1) is 28.2. The molecule has 0 aliphatic carbocycles. The van der Waals surface area contributed by atoms with Crippen LogP contribution in [0.3, 0.4) is 0 Å². The second-order valence-corrected chi connectivity index (χ2v) is 9.12. The molecule has 4 atom stereocenters. The van der Waals surface area contributed by atoms with Gasteiger partial charge in [-0.3, -0.25) is 14.4 Å². The van der Waals surface area contributed by atoms with Crippen LogP contribution in [0.5, 0.6) is 11.5 Å². The van der Waals surface area contributed by atoms with Gasteiger partial charge in [0.15, 0.2) is 29.3 Å². The Kier molecular flexibility index (Phi) is 9.11. The monoisotopic (exact) mass is 529 g/mol. The van der Waals surface area contributed by atoms with Crippen molar-refractivity contribution < 1.29 is 43.2 Å². The molecule has 1 aromatic carbocycles. The number of aromatic hydroxyl groups is 1. The second-order valence-electron chi connectivity index (χ2n) is 9.12. The van der Waals surface area contributed by atoms with Crippen LogP contribution in [-0.2, 0) is 35.0 Å². The highest BCUT2D eigenvalue weighted by molar-refractivity contribution is 5.98. The van der Waals surface area contributed by atoms with Crippen molar-refractivity contribution in [1.82, 2.24) is 10.3 Å². The van der Waals surface area contributed by atoms with Crippen LogP contribution in [0.2, 0.25) is 0 Å². The fourth-order valence-electron chi connectivity index (χ4n) is 3.78. The molecule has 1 aliphatic rings. The summed E-state index contributed by atoms with van der Waals surface area (Å²) in [5.41, 5.74) is 6.61. The number of rotatable bonds is 7. The van der Waals surface area contributed by atoms with Gasteiger partial charge in [-0.05, 0) is 31.0 Å². The Hall–Kier alpha value is -4.35. The van der Waals surface area contributed by atoms with Gasteiger partial charge in [0.25, 0.3) is 5.91 Å². The van der Waals surface area contributed by atoms with Crippen molar-refractivity contribution in [3.63, 3.8) is 0 Å². The molecule has 2 aromatic rings. The average molecular weight is 530 g/mol. The number of carbonyl (C=O) groups is 4. The summed E-state index contributed by atoms with van der Waals surface area (Å²) in [6.45, 7) is 4.19. The van der Waals surface area contributed by atoms with Crippen molar-refractivity contribution in [2.45, 2.75) is 45.4 Å². The van der Waals surface area contributed by atoms with Crippen molar-refractivity contribution in [3.8, 4) is 11.5 Å². The van der Waals surface area contributed by atoms with Crippen LogP contribution in [0.1, 0.15) is 36.8 Å². The Morgan fingerprint density at radius 3 is 2.50 bits per heavy atom. The van der Waals surface area contributed by atoms with Crippen LogP contribution < -0.4 is 15.8 Å². The number of hydrogen-bond donors (Lipinski definition) is 3. The number of amides is 1. The molecule has 0 unspecified atom stereocenters. The summed E-state index contributed by atoms with van der Waals surface area (Å²) in [4.78, 5) is 55.4. The van der Waals surface area contributed by atoms with Gasteiger partial charge in [-0.1, -0.05) is 26.0 Å². The van der Waals surface area contributed by atoms with E-state index in [9.17, 15) is 24.3 Å². The first-order valence-electron chi connectivity index (χ1n) is 12.0. The quantitative estimate of drug-likeness (QED) is 0.268. The maximum atomic E-state index is 13.3. The van der Waals surface area contributed by atoms with E-state index in [4.69, 9.17) is 24.7 Å². The van der Waals surface area contributed by atoms with Crippen LogP contribution in [0.4, 0.5) is 5.69 Å². The molecule has 0 spiro atoms. The van der Waals surface area contributed by atoms with Crippen molar-refractivity contribution in [2.75, 3.05) is 19.5 Å². The Labute approximate surface area is 219 Å². The first-order valence-corrected chi connectivity index (χ1v) is 12.0. The van der Waals surface area contributed by atoms with E-state index in [-0.39, 0.29) is 12.2 Å². The summed E-state index contributed by atoms with van der Waals surface area (Å²) >= 11 is 0. The van der Waals surface area contributed by atoms with Crippen molar-refractivity contribution >= 4 is 29.5 Å². The molecule has 4 N–H and O–H groups in total. The van der Waals surface area contributed by atoms with Gasteiger partial charge in [-0.2, -0.15) is 0 Å². The number of nitrogen functional groups attached to an aromatic ring is 1. The minimum Gasteiger partial charge on any atom is -0.503 e. The molecule has 12 heteroatoms. The Bertz CT molecular complexity index is 1180. The molecule has 3 rings (SSSR count). The maximum absolute atomic E-state index is 13.3. The van der Waals surface area contributed by atoms with Gasteiger partial charge in [0, 0.05) is 18.0 Å². The van der Waals surface area contributed by atoms with E-state index >= 15 is 0 Å². The lowest BCUT2D eigenvalue weighted by Gasteiger charge is -2.29. The van der Waals surface area contributed by atoms with Gasteiger partial charge in [0.05, 0.1) is 13.0 Å². The molecular formula is C26H31N3O9. The van der Waals surface area contributed by atoms with Crippen molar-refractivity contribution in [3.05, 3.63) is 47.8 Å². The number of carbonyl (C=O) groups excluding carboxylic acids is 4. The number of cyclic esters (lactones) is 2. The molecule has 204 valence electrons. The minimum atomic E-state index is -1.43. The first-order chi connectivity index (χ1) is 18.0. The molecule has 1 fully saturated rings. The number of methoxy groups -OCH3 is 1. The molecule has 1 amide bonds. The van der Waals surface area contributed by atoms with Gasteiger partial charge >= 0.3 is 17.9 Å². The van der Waals surface area contributed by atoms with Gasteiger partial charge in [-0.15, -0.1) is 0 Å². The number of esters is 3. The highest BCUT2D eigenvalue weighted by Crippen LogP contribution is 2.28. The van der Waals surface area contributed by atoms with Crippen LogP contribution in [0.25, 0.3) is 0 Å². The van der Waals surface area contributed by atoms with E-state index in [2.05, 4.69) is 10.3 Å². The number of benzene rings is 1. The molecule has 38 heavy (non-hydrogen) atoms. The third kappa shape index (κ3) is 6.69.